The van der Waals surface area contributed by atoms with Crippen LogP contribution in [-0.4, -0.2) is 37.5 Å². The van der Waals surface area contributed by atoms with Gasteiger partial charge in [-0.25, -0.2) is 4.98 Å². The number of rotatable bonds is 7. The van der Waals surface area contributed by atoms with E-state index >= 15 is 0 Å². The molecule has 26 heavy (non-hydrogen) atoms. The van der Waals surface area contributed by atoms with Gasteiger partial charge in [-0.2, -0.15) is 0 Å². The predicted molar refractivity (Wildman–Crippen MR) is 96.6 cm³/mol. The fourth-order valence-corrected chi connectivity index (χ4v) is 2.48. The van der Waals surface area contributed by atoms with Crippen molar-refractivity contribution >= 4 is 17.5 Å². The number of nitrogens with two attached hydrogens (primary N) is 1. The van der Waals surface area contributed by atoms with Crippen LogP contribution in [0.3, 0.4) is 0 Å². The van der Waals surface area contributed by atoms with Gasteiger partial charge in [-0.3, -0.25) is 9.48 Å². The summed E-state index contributed by atoms with van der Waals surface area (Å²) in [5.74, 6) is -1.07. The van der Waals surface area contributed by atoms with Crippen LogP contribution in [0, 0.1) is 0 Å². The summed E-state index contributed by atoms with van der Waals surface area (Å²) in [6, 6.07) is 9.04. The standard InChI is InChI=1S/C17H17ClN6O2/c18-13-3-1-11(2-4-13)8-20-5-6-24-10-14(22-23-24)12-7-15(25)16(17(19)26)21-9-12/h1-4,7,9-10,20,25H,5-6,8H2,(H2,19,26). The molecule has 3 aromatic rings. The van der Waals surface area contributed by atoms with Crippen LogP contribution >= 0.6 is 11.6 Å². The molecular formula is C17H17ClN6O2. The third-order valence-corrected chi connectivity index (χ3v) is 3.95. The zero-order chi connectivity index (χ0) is 18.5. The van der Waals surface area contributed by atoms with Gasteiger partial charge in [0.05, 0.1) is 12.7 Å². The number of primary amides is 1. The van der Waals surface area contributed by atoms with E-state index in [0.29, 0.717) is 29.4 Å². The molecule has 0 spiro atoms. The maximum atomic E-state index is 11.1. The minimum atomic E-state index is -0.788. The van der Waals surface area contributed by atoms with Crippen LogP contribution in [-0.2, 0) is 13.1 Å². The van der Waals surface area contributed by atoms with Gasteiger partial charge in [0.25, 0.3) is 5.91 Å². The van der Waals surface area contributed by atoms with Crippen LogP contribution in [0.5, 0.6) is 5.75 Å². The van der Waals surface area contributed by atoms with E-state index in [1.807, 2.05) is 24.3 Å². The van der Waals surface area contributed by atoms with Crippen molar-refractivity contribution < 1.29 is 9.90 Å². The van der Waals surface area contributed by atoms with Gasteiger partial charge in [0.15, 0.2) is 5.69 Å². The second-order valence-electron chi connectivity index (χ2n) is 5.63. The average molecular weight is 373 g/mol. The molecule has 0 aliphatic heterocycles. The summed E-state index contributed by atoms with van der Waals surface area (Å²) in [6.07, 6.45) is 3.16. The second-order valence-corrected chi connectivity index (χ2v) is 6.06. The highest BCUT2D eigenvalue weighted by Gasteiger charge is 2.12. The first-order valence-corrected chi connectivity index (χ1v) is 8.25. The van der Waals surface area contributed by atoms with Crippen molar-refractivity contribution in [2.75, 3.05) is 6.54 Å². The lowest BCUT2D eigenvalue weighted by molar-refractivity contribution is 0.0993. The first-order valence-electron chi connectivity index (χ1n) is 7.87. The Morgan fingerprint density at radius 3 is 2.77 bits per heavy atom. The molecule has 0 saturated heterocycles. The highest BCUT2D eigenvalue weighted by atomic mass is 35.5. The van der Waals surface area contributed by atoms with Gasteiger partial charge < -0.3 is 16.2 Å². The van der Waals surface area contributed by atoms with Crippen molar-refractivity contribution in [3.8, 4) is 17.0 Å². The number of hydrogen-bond acceptors (Lipinski definition) is 6. The number of amides is 1. The number of hydrogen-bond donors (Lipinski definition) is 3. The van der Waals surface area contributed by atoms with Crippen LogP contribution in [0.1, 0.15) is 16.1 Å². The van der Waals surface area contributed by atoms with E-state index in [1.165, 1.54) is 12.3 Å². The Morgan fingerprint density at radius 1 is 1.31 bits per heavy atom. The van der Waals surface area contributed by atoms with Crippen LogP contribution in [0.15, 0.2) is 42.7 Å². The lowest BCUT2D eigenvalue weighted by atomic mass is 10.2. The molecule has 4 N–H and O–H groups in total. The zero-order valence-electron chi connectivity index (χ0n) is 13.8. The lowest BCUT2D eigenvalue weighted by Crippen LogP contribution is -2.19. The smallest absolute Gasteiger partial charge is 0.271 e. The van der Waals surface area contributed by atoms with E-state index in [-0.39, 0.29) is 11.4 Å². The summed E-state index contributed by atoms with van der Waals surface area (Å²) in [5.41, 5.74) is 7.18. The molecule has 1 aromatic carbocycles. The topological polar surface area (TPSA) is 119 Å². The predicted octanol–water partition coefficient (Wildman–Crippen LogP) is 1.59. The Kier molecular flexibility index (Phi) is 5.45. The summed E-state index contributed by atoms with van der Waals surface area (Å²) in [4.78, 5) is 14.9. The van der Waals surface area contributed by atoms with Gasteiger partial charge in [-0.15, -0.1) is 5.10 Å². The van der Waals surface area contributed by atoms with E-state index in [9.17, 15) is 9.90 Å². The Hall–Kier alpha value is -2.97. The van der Waals surface area contributed by atoms with Crippen molar-refractivity contribution in [2.45, 2.75) is 13.1 Å². The molecule has 2 aromatic heterocycles. The summed E-state index contributed by atoms with van der Waals surface area (Å²) in [7, 11) is 0. The van der Waals surface area contributed by atoms with Crippen molar-refractivity contribution in [2.24, 2.45) is 5.73 Å². The molecule has 3 rings (SSSR count). The third kappa shape index (κ3) is 4.35. The molecule has 0 aliphatic rings. The molecule has 0 unspecified atom stereocenters. The fraction of sp³-hybridized carbons (Fsp3) is 0.176. The quantitative estimate of drug-likeness (QED) is 0.542. The maximum Gasteiger partial charge on any atom is 0.271 e. The average Bonchev–Trinajstić information content (AvgIpc) is 3.09. The molecule has 9 heteroatoms. The van der Waals surface area contributed by atoms with Crippen molar-refractivity contribution in [3.05, 3.63) is 59.0 Å². The highest BCUT2D eigenvalue weighted by Crippen LogP contribution is 2.22. The molecule has 0 atom stereocenters. The minimum absolute atomic E-state index is 0.174. The molecule has 8 nitrogen and oxygen atoms in total. The summed E-state index contributed by atoms with van der Waals surface area (Å²) in [6.45, 7) is 2.06. The summed E-state index contributed by atoms with van der Waals surface area (Å²) in [5, 5.41) is 21.9. The Labute approximate surface area is 154 Å². The van der Waals surface area contributed by atoms with Crippen molar-refractivity contribution in [3.63, 3.8) is 0 Å². The molecular weight excluding hydrogens is 356 g/mol. The first kappa shape index (κ1) is 17.8. The third-order valence-electron chi connectivity index (χ3n) is 3.70. The van der Waals surface area contributed by atoms with Crippen molar-refractivity contribution in [1.82, 2.24) is 25.3 Å². The van der Waals surface area contributed by atoms with Crippen LogP contribution < -0.4 is 11.1 Å². The molecule has 134 valence electrons. The number of carbonyl (C=O) groups is 1. The van der Waals surface area contributed by atoms with Crippen molar-refractivity contribution in [1.29, 1.82) is 0 Å². The number of aromatic hydroxyl groups is 1. The fourth-order valence-electron chi connectivity index (χ4n) is 2.35. The minimum Gasteiger partial charge on any atom is -0.505 e. The molecule has 0 fully saturated rings. The number of carbonyl (C=O) groups excluding carboxylic acids is 1. The number of halogens is 1. The van der Waals surface area contributed by atoms with Gasteiger partial charge in [0, 0.05) is 29.9 Å². The number of benzene rings is 1. The van der Waals surface area contributed by atoms with Gasteiger partial charge >= 0.3 is 0 Å². The van der Waals surface area contributed by atoms with Gasteiger partial charge in [0.2, 0.25) is 0 Å². The Balaban J connectivity index is 1.55. The van der Waals surface area contributed by atoms with Crippen LogP contribution in [0.4, 0.5) is 0 Å². The van der Waals surface area contributed by atoms with E-state index in [2.05, 4.69) is 20.6 Å². The Bertz CT molecular complexity index is 910. The molecule has 0 radical (unpaired) electrons. The van der Waals surface area contributed by atoms with Gasteiger partial charge in [0.1, 0.15) is 11.4 Å². The molecule has 0 saturated carbocycles. The number of pyridine rings is 1. The molecule has 2 heterocycles. The number of nitrogens with one attached hydrogen (secondary N) is 1. The molecule has 0 bridgehead atoms. The normalized spacial score (nSPS) is 10.8. The molecule has 1 amide bonds. The maximum absolute atomic E-state index is 11.1. The lowest BCUT2D eigenvalue weighted by Gasteiger charge is -2.05. The summed E-state index contributed by atoms with van der Waals surface area (Å²) >= 11 is 5.86. The number of aromatic nitrogens is 4. The van der Waals surface area contributed by atoms with Gasteiger partial charge in [-0.1, -0.05) is 28.9 Å². The van der Waals surface area contributed by atoms with Crippen LogP contribution in [0.25, 0.3) is 11.3 Å². The van der Waals surface area contributed by atoms with E-state index < -0.39 is 5.91 Å². The zero-order valence-corrected chi connectivity index (χ0v) is 14.5. The van der Waals surface area contributed by atoms with E-state index in [1.54, 1.807) is 10.9 Å². The second kappa shape index (κ2) is 7.94. The summed E-state index contributed by atoms with van der Waals surface area (Å²) < 4.78 is 1.68. The number of nitrogens with zero attached hydrogens (tertiary/aromatic N) is 4. The van der Waals surface area contributed by atoms with E-state index in [4.69, 9.17) is 17.3 Å². The van der Waals surface area contributed by atoms with Gasteiger partial charge in [-0.05, 0) is 23.8 Å². The van der Waals surface area contributed by atoms with E-state index in [0.717, 1.165) is 12.1 Å². The first-order chi connectivity index (χ1) is 12.5. The van der Waals surface area contributed by atoms with Crippen LogP contribution in [0.2, 0.25) is 5.02 Å². The largest absolute Gasteiger partial charge is 0.505 e. The monoisotopic (exact) mass is 372 g/mol. The highest BCUT2D eigenvalue weighted by molar-refractivity contribution is 6.30. The molecule has 0 aliphatic carbocycles. The Morgan fingerprint density at radius 2 is 2.08 bits per heavy atom. The SMILES string of the molecule is NC(=O)c1ncc(-c2cn(CCNCc3ccc(Cl)cc3)nn2)cc1O.